The first-order chi connectivity index (χ1) is 9.25. The van der Waals surface area contributed by atoms with Crippen LogP contribution in [0.2, 0.25) is 0 Å². The van der Waals surface area contributed by atoms with Gasteiger partial charge in [-0.1, -0.05) is 34.6 Å². The summed E-state index contributed by atoms with van der Waals surface area (Å²) in [6.45, 7) is 18.0. The Kier molecular flexibility index (Phi) is 4.57. The zero-order valence-corrected chi connectivity index (χ0v) is 14.7. The van der Waals surface area contributed by atoms with Crippen molar-refractivity contribution in [1.82, 2.24) is 10.2 Å². The smallest absolute Gasteiger partial charge is 0.0334 e. The molecule has 2 nitrogen and oxygen atoms in total. The van der Waals surface area contributed by atoms with Gasteiger partial charge in [-0.25, -0.2) is 0 Å². The average molecular weight is 280 g/mol. The molecule has 2 rings (SSSR count). The highest BCUT2D eigenvalue weighted by molar-refractivity contribution is 5.08. The molecule has 1 unspecified atom stereocenters. The minimum absolute atomic E-state index is 0.353. The van der Waals surface area contributed by atoms with Gasteiger partial charge in [0.25, 0.3) is 0 Å². The fourth-order valence-corrected chi connectivity index (χ4v) is 3.72. The second-order valence-electron chi connectivity index (χ2n) is 8.70. The Hall–Kier alpha value is -0.0800. The molecular weight excluding hydrogens is 244 g/mol. The number of nitrogens with one attached hydrogen (secondary N) is 1. The molecule has 2 fully saturated rings. The molecule has 0 amide bonds. The summed E-state index contributed by atoms with van der Waals surface area (Å²) >= 11 is 0. The Morgan fingerprint density at radius 3 is 2.20 bits per heavy atom. The molecule has 0 aromatic rings. The van der Waals surface area contributed by atoms with Gasteiger partial charge in [0.15, 0.2) is 0 Å². The summed E-state index contributed by atoms with van der Waals surface area (Å²) in [5, 5.41) is 3.93. The van der Waals surface area contributed by atoms with Gasteiger partial charge in [-0.3, -0.25) is 4.90 Å². The zero-order valence-electron chi connectivity index (χ0n) is 14.7. The minimum Gasteiger partial charge on any atom is -0.308 e. The highest BCUT2D eigenvalue weighted by atomic mass is 15.3. The topological polar surface area (TPSA) is 15.3 Å². The van der Waals surface area contributed by atoms with Crippen LogP contribution in [-0.4, -0.2) is 35.6 Å². The molecule has 1 aliphatic carbocycles. The van der Waals surface area contributed by atoms with E-state index in [4.69, 9.17) is 0 Å². The van der Waals surface area contributed by atoms with E-state index in [-0.39, 0.29) is 0 Å². The van der Waals surface area contributed by atoms with Crippen molar-refractivity contribution in [3.05, 3.63) is 0 Å². The van der Waals surface area contributed by atoms with Crippen LogP contribution >= 0.6 is 0 Å². The monoisotopic (exact) mass is 280 g/mol. The van der Waals surface area contributed by atoms with E-state index in [0.717, 1.165) is 5.92 Å². The third-order valence-corrected chi connectivity index (χ3v) is 5.98. The average Bonchev–Trinajstić information content (AvgIpc) is 3.22. The molecule has 20 heavy (non-hydrogen) atoms. The van der Waals surface area contributed by atoms with Crippen LogP contribution in [0, 0.1) is 11.3 Å². The van der Waals surface area contributed by atoms with Crippen molar-refractivity contribution in [2.75, 3.05) is 19.6 Å². The maximum atomic E-state index is 3.93. The molecule has 1 atom stereocenters. The SMILES string of the molecule is CCC1(CC)CN(CCC(C)(C)C)C(C)(C2CC2)CN1. The standard InChI is InChI=1S/C18H36N2/c1-7-18(8-2)14-20(12-11-16(3,4)5)17(6,13-19-18)15-9-10-15/h15,19H,7-14H2,1-6H3. The first-order valence-corrected chi connectivity index (χ1v) is 8.75. The van der Waals surface area contributed by atoms with Gasteiger partial charge in [0.1, 0.15) is 0 Å². The lowest BCUT2D eigenvalue weighted by atomic mass is 9.81. The lowest BCUT2D eigenvalue weighted by molar-refractivity contribution is -0.00818. The van der Waals surface area contributed by atoms with E-state index in [2.05, 4.69) is 51.8 Å². The highest BCUT2D eigenvalue weighted by Crippen LogP contribution is 2.45. The summed E-state index contributed by atoms with van der Waals surface area (Å²) in [7, 11) is 0. The number of rotatable bonds is 5. The lowest BCUT2D eigenvalue weighted by Crippen LogP contribution is -2.69. The summed E-state index contributed by atoms with van der Waals surface area (Å²) in [6, 6.07) is 0. The molecule has 1 saturated heterocycles. The summed E-state index contributed by atoms with van der Waals surface area (Å²) in [5.74, 6) is 0.932. The Balaban J connectivity index is 2.10. The van der Waals surface area contributed by atoms with Crippen LogP contribution in [0.4, 0.5) is 0 Å². The Morgan fingerprint density at radius 2 is 1.75 bits per heavy atom. The Labute approximate surface area is 126 Å². The fraction of sp³-hybridized carbons (Fsp3) is 1.00. The van der Waals surface area contributed by atoms with Gasteiger partial charge in [-0.05, 0) is 56.9 Å². The third-order valence-electron chi connectivity index (χ3n) is 5.98. The van der Waals surface area contributed by atoms with Gasteiger partial charge < -0.3 is 5.32 Å². The molecule has 0 bridgehead atoms. The molecule has 0 spiro atoms. The van der Waals surface area contributed by atoms with Crippen molar-refractivity contribution in [3.8, 4) is 0 Å². The molecule has 1 aliphatic heterocycles. The van der Waals surface area contributed by atoms with E-state index in [1.54, 1.807) is 0 Å². The maximum Gasteiger partial charge on any atom is 0.0334 e. The summed E-state index contributed by atoms with van der Waals surface area (Å²) in [6.07, 6.45) is 6.68. The molecule has 2 aliphatic rings. The predicted octanol–water partition coefficient (Wildman–Crippen LogP) is 4.06. The number of piperazine rings is 1. The molecule has 2 heteroatoms. The lowest BCUT2D eigenvalue weighted by Gasteiger charge is -2.54. The largest absolute Gasteiger partial charge is 0.308 e. The van der Waals surface area contributed by atoms with Gasteiger partial charge in [0.2, 0.25) is 0 Å². The summed E-state index contributed by atoms with van der Waals surface area (Å²) in [5.41, 5.74) is 1.20. The zero-order chi connectivity index (χ0) is 15.0. The van der Waals surface area contributed by atoms with Crippen LogP contribution in [0.25, 0.3) is 0 Å². The van der Waals surface area contributed by atoms with Crippen LogP contribution in [-0.2, 0) is 0 Å². The highest BCUT2D eigenvalue weighted by Gasteiger charge is 2.50. The Bertz CT molecular complexity index is 323. The van der Waals surface area contributed by atoms with Gasteiger partial charge in [-0.15, -0.1) is 0 Å². The second kappa shape index (κ2) is 5.61. The van der Waals surface area contributed by atoms with Gasteiger partial charge >= 0.3 is 0 Å². The first kappa shape index (κ1) is 16.3. The number of nitrogens with zero attached hydrogens (tertiary/aromatic N) is 1. The van der Waals surface area contributed by atoms with Crippen molar-refractivity contribution in [3.63, 3.8) is 0 Å². The summed E-state index contributed by atoms with van der Waals surface area (Å²) in [4.78, 5) is 2.85. The van der Waals surface area contributed by atoms with Crippen LogP contribution in [0.15, 0.2) is 0 Å². The van der Waals surface area contributed by atoms with E-state index in [0.29, 0.717) is 16.5 Å². The van der Waals surface area contributed by atoms with Gasteiger partial charge in [0, 0.05) is 24.2 Å². The minimum atomic E-state index is 0.353. The molecule has 118 valence electrons. The number of hydrogen-bond donors (Lipinski definition) is 1. The molecule has 1 saturated carbocycles. The van der Waals surface area contributed by atoms with Crippen LogP contribution in [0.3, 0.4) is 0 Å². The van der Waals surface area contributed by atoms with Gasteiger partial charge in [-0.2, -0.15) is 0 Å². The van der Waals surface area contributed by atoms with Crippen LogP contribution in [0.5, 0.6) is 0 Å². The van der Waals surface area contributed by atoms with Crippen molar-refractivity contribution < 1.29 is 0 Å². The van der Waals surface area contributed by atoms with Gasteiger partial charge in [0.05, 0.1) is 0 Å². The number of hydrogen-bond acceptors (Lipinski definition) is 2. The van der Waals surface area contributed by atoms with Crippen molar-refractivity contribution in [2.45, 2.75) is 84.7 Å². The van der Waals surface area contributed by atoms with E-state index in [9.17, 15) is 0 Å². The summed E-state index contributed by atoms with van der Waals surface area (Å²) < 4.78 is 0. The van der Waals surface area contributed by atoms with Crippen molar-refractivity contribution >= 4 is 0 Å². The van der Waals surface area contributed by atoms with Crippen LogP contribution in [0.1, 0.15) is 73.6 Å². The third kappa shape index (κ3) is 3.39. The molecule has 1 heterocycles. The Morgan fingerprint density at radius 1 is 1.15 bits per heavy atom. The molecule has 0 aromatic carbocycles. The molecular formula is C18H36N2. The van der Waals surface area contributed by atoms with E-state index in [1.165, 1.54) is 51.7 Å². The molecule has 0 aromatic heterocycles. The first-order valence-electron chi connectivity index (χ1n) is 8.75. The van der Waals surface area contributed by atoms with E-state index < -0.39 is 0 Å². The maximum absolute atomic E-state index is 3.93. The molecule has 1 N–H and O–H groups in total. The molecule has 0 radical (unpaired) electrons. The fourth-order valence-electron chi connectivity index (χ4n) is 3.72. The quantitative estimate of drug-likeness (QED) is 0.817. The van der Waals surface area contributed by atoms with E-state index in [1.807, 2.05) is 0 Å². The predicted molar refractivity (Wildman–Crippen MR) is 88.1 cm³/mol. The van der Waals surface area contributed by atoms with E-state index >= 15 is 0 Å². The second-order valence-corrected chi connectivity index (χ2v) is 8.70. The van der Waals surface area contributed by atoms with Crippen molar-refractivity contribution in [1.29, 1.82) is 0 Å². The van der Waals surface area contributed by atoms with Crippen LogP contribution < -0.4 is 5.32 Å². The van der Waals surface area contributed by atoms with Crippen molar-refractivity contribution in [2.24, 2.45) is 11.3 Å². The normalized spacial score (nSPS) is 31.5.